The van der Waals surface area contributed by atoms with E-state index in [0.717, 1.165) is 24.8 Å². The number of nitrogens with two attached hydrogens (primary N) is 1. The third-order valence-electron chi connectivity index (χ3n) is 4.16. The van der Waals surface area contributed by atoms with E-state index in [-0.39, 0.29) is 23.9 Å². The molecule has 1 aromatic rings. The summed E-state index contributed by atoms with van der Waals surface area (Å²) in [6.45, 7) is 1.97. The topological polar surface area (TPSA) is 46.3 Å². The molecule has 1 aromatic carbocycles. The quantitative estimate of drug-likeness (QED) is 0.925. The summed E-state index contributed by atoms with van der Waals surface area (Å²) in [5, 5.41) is 1.19. The van der Waals surface area contributed by atoms with Crippen LogP contribution in [0.4, 0.5) is 0 Å². The summed E-state index contributed by atoms with van der Waals surface area (Å²) in [6.07, 6.45) is 2.59. The molecular weight excluding hydrogens is 295 g/mol. The number of carbonyl (C=O) groups excluding carboxylic acids is 1. The van der Waals surface area contributed by atoms with E-state index in [9.17, 15) is 4.79 Å². The number of nitrogens with zero attached hydrogens (tertiary/aromatic N) is 1. The molecule has 0 aliphatic heterocycles. The molecule has 3 unspecified atom stereocenters. The van der Waals surface area contributed by atoms with E-state index in [0.29, 0.717) is 10.0 Å². The van der Waals surface area contributed by atoms with Crippen LogP contribution in [0.25, 0.3) is 0 Å². The van der Waals surface area contributed by atoms with Crippen molar-refractivity contribution in [3.05, 3.63) is 33.8 Å². The number of hydrogen-bond donors (Lipinski definition) is 1. The fraction of sp³-hybridized carbons (Fsp3) is 0.533. The van der Waals surface area contributed by atoms with E-state index in [1.165, 1.54) is 0 Å². The Balaban J connectivity index is 2.11. The van der Waals surface area contributed by atoms with E-state index >= 15 is 0 Å². The molecular formula is C15H20Cl2N2O. The molecule has 1 amide bonds. The predicted octanol–water partition coefficient (Wildman–Crippen LogP) is 3.64. The largest absolute Gasteiger partial charge is 0.339 e. The molecule has 20 heavy (non-hydrogen) atoms. The van der Waals surface area contributed by atoms with Crippen molar-refractivity contribution in [3.63, 3.8) is 0 Å². The molecule has 0 heterocycles. The molecule has 1 aliphatic carbocycles. The van der Waals surface area contributed by atoms with Crippen LogP contribution >= 0.6 is 23.2 Å². The first-order valence-electron chi connectivity index (χ1n) is 6.87. The van der Waals surface area contributed by atoms with Gasteiger partial charge in [0.2, 0.25) is 5.91 Å². The summed E-state index contributed by atoms with van der Waals surface area (Å²) in [4.78, 5) is 14.2. The standard InChI is InChI=1S/C15H20Cl2N2O/c1-9(13-6-4-11(16)8-14(13)17)19(2)15(20)10-3-5-12(18)7-10/h4,6,8-10,12H,3,5,7,18H2,1-2H3. The van der Waals surface area contributed by atoms with Crippen molar-refractivity contribution >= 4 is 29.1 Å². The van der Waals surface area contributed by atoms with E-state index in [4.69, 9.17) is 28.9 Å². The molecule has 2 rings (SSSR count). The third kappa shape index (κ3) is 3.27. The van der Waals surface area contributed by atoms with Crippen LogP contribution in [-0.2, 0) is 4.79 Å². The van der Waals surface area contributed by atoms with Gasteiger partial charge in [-0.15, -0.1) is 0 Å². The molecule has 0 aromatic heterocycles. The van der Waals surface area contributed by atoms with Crippen LogP contribution in [0.5, 0.6) is 0 Å². The first-order chi connectivity index (χ1) is 9.40. The van der Waals surface area contributed by atoms with Crippen LogP contribution in [0.3, 0.4) is 0 Å². The Labute approximate surface area is 130 Å². The maximum Gasteiger partial charge on any atom is 0.225 e. The van der Waals surface area contributed by atoms with Crippen molar-refractivity contribution in [2.45, 2.75) is 38.3 Å². The monoisotopic (exact) mass is 314 g/mol. The molecule has 3 atom stereocenters. The highest BCUT2D eigenvalue weighted by Crippen LogP contribution is 2.32. The summed E-state index contributed by atoms with van der Waals surface area (Å²) >= 11 is 12.1. The summed E-state index contributed by atoms with van der Waals surface area (Å²) < 4.78 is 0. The van der Waals surface area contributed by atoms with Crippen LogP contribution in [0.1, 0.15) is 37.8 Å². The lowest BCUT2D eigenvalue weighted by molar-refractivity contribution is -0.136. The fourth-order valence-corrected chi connectivity index (χ4v) is 3.33. The van der Waals surface area contributed by atoms with Crippen LogP contribution < -0.4 is 5.73 Å². The van der Waals surface area contributed by atoms with Crippen molar-refractivity contribution in [1.82, 2.24) is 4.90 Å². The molecule has 0 radical (unpaired) electrons. The Morgan fingerprint density at radius 3 is 2.65 bits per heavy atom. The second kappa shape index (κ2) is 6.33. The van der Waals surface area contributed by atoms with Gasteiger partial charge < -0.3 is 10.6 Å². The minimum atomic E-state index is -0.0795. The minimum Gasteiger partial charge on any atom is -0.339 e. The number of benzene rings is 1. The molecule has 110 valence electrons. The smallest absolute Gasteiger partial charge is 0.225 e. The maximum absolute atomic E-state index is 12.5. The average Bonchev–Trinajstić information content (AvgIpc) is 2.83. The van der Waals surface area contributed by atoms with Gasteiger partial charge in [-0.1, -0.05) is 29.3 Å². The summed E-state index contributed by atoms with van der Waals surface area (Å²) in [5.74, 6) is 0.194. The van der Waals surface area contributed by atoms with Gasteiger partial charge in [0.1, 0.15) is 0 Å². The van der Waals surface area contributed by atoms with Gasteiger partial charge in [-0.3, -0.25) is 4.79 Å². The molecule has 1 fully saturated rings. The van der Waals surface area contributed by atoms with E-state index < -0.39 is 0 Å². The molecule has 1 saturated carbocycles. The second-order valence-electron chi connectivity index (χ2n) is 5.56. The zero-order valence-electron chi connectivity index (χ0n) is 11.8. The zero-order valence-corrected chi connectivity index (χ0v) is 13.3. The second-order valence-corrected chi connectivity index (χ2v) is 6.40. The Morgan fingerprint density at radius 2 is 2.10 bits per heavy atom. The zero-order chi connectivity index (χ0) is 14.9. The van der Waals surface area contributed by atoms with Gasteiger partial charge in [0, 0.05) is 29.1 Å². The molecule has 2 N–H and O–H groups in total. The van der Waals surface area contributed by atoms with Gasteiger partial charge >= 0.3 is 0 Å². The summed E-state index contributed by atoms with van der Waals surface area (Å²) in [7, 11) is 1.82. The minimum absolute atomic E-state index is 0.0449. The number of amides is 1. The van der Waals surface area contributed by atoms with Crippen molar-refractivity contribution in [2.24, 2.45) is 11.7 Å². The van der Waals surface area contributed by atoms with Gasteiger partial charge in [-0.2, -0.15) is 0 Å². The van der Waals surface area contributed by atoms with Crippen LogP contribution in [-0.4, -0.2) is 23.9 Å². The van der Waals surface area contributed by atoms with Gasteiger partial charge in [0.05, 0.1) is 6.04 Å². The first-order valence-corrected chi connectivity index (χ1v) is 7.63. The maximum atomic E-state index is 12.5. The number of rotatable bonds is 3. The molecule has 1 aliphatic rings. The Bertz CT molecular complexity index is 507. The van der Waals surface area contributed by atoms with Crippen molar-refractivity contribution in [2.75, 3.05) is 7.05 Å². The Morgan fingerprint density at radius 1 is 1.40 bits per heavy atom. The first kappa shape index (κ1) is 15.6. The SMILES string of the molecule is CC(c1ccc(Cl)cc1Cl)N(C)C(=O)C1CCC(N)C1. The number of hydrogen-bond acceptors (Lipinski definition) is 2. The molecule has 0 bridgehead atoms. The van der Waals surface area contributed by atoms with Gasteiger partial charge in [0.15, 0.2) is 0 Å². The highest BCUT2D eigenvalue weighted by Gasteiger charge is 2.31. The molecule has 5 heteroatoms. The lowest BCUT2D eigenvalue weighted by atomic mass is 10.0. The Hall–Kier alpha value is -0.770. The lowest BCUT2D eigenvalue weighted by Crippen LogP contribution is -2.34. The molecule has 0 spiro atoms. The van der Waals surface area contributed by atoms with E-state index in [1.54, 1.807) is 17.0 Å². The predicted molar refractivity (Wildman–Crippen MR) is 83.0 cm³/mol. The van der Waals surface area contributed by atoms with Crippen LogP contribution in [0.2, 0.25) is 10.0 Å². The average molecular weight is 315 g/mol. The lowest BCUT2D eigenvalue weighted by Gasteiger charge is -2.28. The number of halogens is 2. The van der Waals surface area contributed by atoms with Gasteiger partial charge in [-0.25, -0.2) is 0 Å². The summed E-state index contributed by atoms with van der Waals surface area (Å²) in [6, 6.07) is 5.46. The van der Waals surface area contributed by atoms with Gasteiger partial charge in [-0.05, 0) is 43.9 Å². The van der Waals surface area contributed by atoms with Crippen LogP contribution in [0, 0.1) is 5.92 Å². The molecule has 3 nitrogen and oxygen atoms in total. The van der Waals surface area contributed by atoms with Crippen molar-refractivity contribution < 1.29 is 4.79 Å². The summed E-state index contributed by atoms with van der Waals surface area (Å²) in [5.41, 5.74) is 6.80. The third-order valence-corrected chi connectivity index (χ3v) is 4.73. The molecule has 0 saturated heterocycles. The Kier molecular flexibility index (Phi) is 4.95. The van der Waals surface area contributed by atoms with Crippen molar-refractivity contribution in [3.8, 4) is 0 Å². The van der Waals surface area contributed by atoms with E-state index in [1.807, 2.05) is 20.0 Å². The number of carbonyl (C=O) groups is 1. The van der Waals surface area contributed by atoms with Crippen molar-refractivity contribution in [1.29, 1.82) is 0 Å². The highest BCUT2D eigenvalue weighted by atomic mass is 35.5. The highest BCUT2D eigenvalue weighted by molar-refractivity contribution is 6.35. The normalized spacial score (nSPS) is 23.6. The van der Waals surface area contributed by atoms with Gasteiger partial charge in [0.25, 0.3) is 0 Å². The van der Waals surface area contributed by atoms with Crippen LogP contribution in [0.15, 0.2) is 18.2 Å². The van der Waals surface area contributed by atoms with E-state index in [2.05, 4.69) is 0 Å². The fourth-order valence-electron chi connectivity index (χ4n) is 2.77.